The van der Waals surface area contributed by atoms with Gasteiger partial charge < -0.3 is 10.1 Å². The van der Waals surface area contributed by atoms with Gasteiger partial charge in [0.1, 0.15) is 0 Å². The summed E-state index contributed by atoms with van der Waals surface area (Å²) in [6.45, 7) is 1.24. The van der Waals surface area contributed by atoms with Gasteiger partial charge in [-0.1, -0.05) is 11.6 Å². The Hall–Kier alpha value is -1.33. The lowest BCUT2D eigenvalue weighted by atomic mass is 10.3. The van der Waals surface area contributed by atoms with E-state index in [0.29, 0.717) is 11.6 Å². The van der Waals surface area contributed by atoms with Crippen molar-refractivity contribution in [3.05, 3.63) is 33.3 Å². The Labute approximate surface area is 98.5 Å². The molecule has 0 aliphatic carbocycles. The summed E-state index contributed by atoms with van der Waals surface area (Å²) in [6.07, 6.45) is 0.788. The van der Waals surface area contributed by atoms with E-state index in [1.54, 1.807) is 6.07 Å². The molecule has 0 heterocycles. The molecule has 0 atom stereocenters. The predicted octanol–water partition coefficient (Wildman–Crippen LogP) is 2.24. The van der Waals surface area contributed by atoms with Crippen LogP contribution in [0.5, 0.6) is 5.75 Å². The SMILES string of the molecule is CNCCCOc1ccc(Cl)cc1[N+](=O)[O-]. The predicted molar refractivity (Wildman–Crippen MR) is 62.1 cm³/mol. The number of hydrogen-bond acceptors (Lipinski definition) is 4. The van der Waals surface area contributed by atoms with Crippen LogP contribution in [0.1, 0.15) is 6.42 Å². The second-order valence-corrected chi connectivity index (χ2v) is 3.61. The molecule has 1 N–H and O–H groups in total. The molecule has 0 spiro atoms. The quantitative estimate of drug-likeness (QED) is 0.474. The van der Waals surface area contributed by atoms with Crippen LogP contribution in [0.3, 0.4) is 0 Å². The highest BCUT2D eigenvalue weighted by molar-refractivity contribution is 6.30. The maximum atomic E-state index is 10.7. The van der Waals surface area contributed by atoms with E-state index in [9.17, 15) is 10.1 Å². The zero-order valence-corrected chi connectivity index (χ0v) is 9.66. The number of nitrogens with one attached hydrogen (secondary N) is 1. The molecule has 6 heteroatoms. The summed E-state index contributed by atoms with van der Waals surface area (Å²) in [6, 6.07) is 4.37. The van der Waals surface area contributed by atoms with E-state index in [-0.39, 0.29) is 11.4 Å². The third-order valence-electron chi connectivity index (χ3n) is 1.95. The van der Waals surface area contributed by atoms with E-state index in [1.807, 2.05) is 7.05 Å². The highest BCUT2D eigenvalue weighted by atomic mass is 35.5. The van der Waals surface area contributed by atoms with Crippen molar-refractivity contribution in [2.45, 2.75) is 6.42 Å². The van der Waals surface area contributed by atoms with E-state index in [2.05, 4.69) is 5.32 Å². The molecule has 0 radical (unpaired) electrons. The van der Waals surface area contributed by atoms with Crippen LogP contribution in [0.15, 0.2) is 18.2 Å². The number of nitro groups is 1. The molecule has 1 aromatic carbocycles. The van der Waals surface area contributed by atoms with Gasteiger partial charge in [0.15, 0.2) is 5.75 Å². The number of rotatable bonds is 6. The first-order valence-corrected chi connectivity index (χ1v) is 5.24. The second-order valence-electron chi connectivity index (χ2n) is 3.17. The lowest BCUT2D eigenvalue weighted by molar-refractivity contribution is -0.385. The minimum atomic E-state index is -0.501. The van der Waals surface area contributed by atoms with Crippen LogP contribution in [0.2, 0.25) is 5.02 Å². The highest BCUT2D eigenvalue weighted by Crippen LogP contribution is 2.29. The summed E-state index contributed by atoms with van der Waals surface area (Å²) in [5.41, 5.74) is -0.100. The third kappa shape index (κ3) is 3.67. The Balaban J connectivity index is 2.67. The third-order valence-corrected chi connectivity index (χ3v) is 2.18. The van der Waals surface area contributed by atoms with Crippen molar-refractivity contribution in [1.82, 2.24) is 5.32 Å². The van der Waals surface area contributed by atoms with Crippen LogP contribution < -0.4 is 10.1 Å². The molecular weight excluding hydrogens is 232 g/mol. The second kappa shape index (κ2) is 6.30. The molecule has 0 saturated heterocycles. The lowest BCUT2D eigenvalue weighted by Crippen LogP contribution is -2.11. The minimum Gasteiger partial charge on any atom is -0.487 e. The summed E-state index contributed by atoms with van der Waals surface area (Å²) >= 11 is 5.67. The molecule has 0 bridgehead atoms. The van der Waals surface area contributed by atoms with Crippen molar-refractivity contribution >= 4 is 17.3 Å². The summed E-state index contributed by atoms with van der Waals surface area (Å²) in [4.78, 5) is 10.2. The van der Waals surface area contributed by atoms with Gasteiger partial charge in [-0.15, -0.1) is 0 Å². The topological polar surface area (TPSA) is 64.4 Å². The fraction of sp³-hybridized carbons (Fsp3) is 0.400. The van der Waals surface area contributed by atoms with E-state index >= 15 is 0 Å². The van der Waals surface area contributed by atoms with Crippen LogP contribution in [-0.4, -0.2) is 25.1 Å². The molecule has 0 unspecified atom stereocenters. The first kappa shape index (κ1) is 12.7. The van der Waals surface area contributed by atoms with Crippen LogP contribution >= 0.6 is 11.6 Å². The highest BCUT2D eigenvalue weighted by Gasteiger charge is 2.15. The molecule has 88 valence electrons. The largest absolute Gasteiger partial charge is 0.487 e. The monoisotopic (exact) mass is 244 g/mol. The van der Waals surface area contributed by atoms with Crippen molar-refractivity contribution in [1.29, 1.82) is 0 Å². The molecule has 5 nitrogen and oxygen atoms in total. The zero-order valence-electron chi connectivity index (χ0n) is 8.90. The molecule has 0 aliphatic rings. The fourth-order valence-electron chi connectivity index (χ4n) is 1.19. The van der Waals surface area contributed by atoms with E-state index in [0.717, 1.165) is 13.0 Å². The van der Waals surface area contributed by atoms with Crippen LogP contribution in [0, 0.1) is 10.1 Å². The standard InChI is InChI=1S/C10H13ClN2O3/c1-12-5-2-6-16-10-4-3-8(11)7-9(10)13(14)15/h3-4,7,12H,2,5-6H2,1H3. The Morgan fingerprint density at radius 2 is 2.31 bits per heavy atom. The number of nitro benzene ring substituents is 1. The van der Waals surface area contributed by atoms with Crippen molar-refractivity contribution in [2.24, 2.45) is 0 Å². The van der Waals surface area contributed by atoms with Gasteiger partial charge in [-0.05, 0) is 32.1 Å². The Bertz CT molecular complexity index is 371. The van der Waals surface area contributed by atoms with Gasteiger partial charge in [-0.25, -0.2) is 0 Å². The molecule has 1 aromatic rings. The molecular formula is C10H13ClN2O3. The van der Waals surface area contributed by atoms with E-state index in [4.69, 9.17) is 16.3 Å². The molecule has 0 saturated carbocycles. The average Bonchev–Trinajstić information content (AvgIpc) is 2.26. The van der Waals surface area contributed by atoms with E-state index in [1.165, 1.54) is 12.1 Å². The van der Waals surface area contributed by atoms with Crippen LogP contribution in [0.4, 0.5) is 5.69 Å². The molecule has 1 rings (SSSR count). The molecule has 0 amide bonds. The first-order valence-electron chi connectivity index (χ1n) is 4.86. The average molecular weight is 245 g/mol. The van der Waals surface area contributed by atoms with Gasteiger partial charge in [0, 0.05) is 11.1 Å². The number of ether oxygens (including phenoxy) is 1. The van der Waals surface area contributed by atoms with Crippen molar-refractivity contribution < 1.29 is 9.66 Å². The zero-order chi connectivity index (χ0) is 12.0. The van der Waals surface area contributed by atoms with Crippen LogP contribution in [-0.2, 0) is 0 Å². The minimum absolute atomic E-state index is 0.100. The summed E-state index contributed by atoms with van der Waals surface area (Å²) in [5, 5.41) is 14.0. The maximum absolute atomic E-state index is 10.7. The van der Waals surface area contributed by atoms with Gasteiger partial charge >= 0.3 is 5.69 Å². The molecule has 0 aromatic heterocycles. The van der Waals surface area contributed by atoms with Gasteiger partial charge in [0.2, 0.25) is 0 Å². The Morgan fingerprint density at radius 1 is 1.56 bits per heavy atom. The number of halogens is 1. The molecule has 0 aliphatic heterocycles. The number of benzene rings is 1. The van der Waals surface area contributed by atoms with Gasteiger partial charge in [0.05, 0.1) is 11.5 Å². The number of hydrogen-bond donors (Lipinski definition) is 1. The summed E-state index contributed by atoms with van der Waals surface area (Å²) in [5.74, 6) is 0.255. The van der Waals surface area contributed by atoms with E-state index < -0.39 is 4.92 Å². The van der Waals surface area contributed by atoms with Gasteiger partial charge in [-0.3, -0.25) is 10.1 Å². The van der Waals surface area contributed by atoms with Crippen LogP contribution in [0.25, 0.3) is 0 Å². The van der Waals surface area contributed by atoms with Crippen molar-refractivity contribution in [3.63, 3.8) is 0 Å². The fourth-order valence-corrected chi connectivity index (χ4v) is 1.35. The first-order chi connectivity index (χ1) is 7.65. The molecule has 16 heavy (non-hydrogen) atoms. The molecule has 0 fully saturated rings. The normalized spacial score (nSPS) is 10.1. The lowest BCUT2D eigenvalue weighted by Gasteiger charge is -2.06. The van der Waals surface area contributed by atoms with Crippen molar-refractivity contribution in [2.75, 3.05) is 20.2 Å². The smallest absolute Gasteiger partial charge is 0.312 e. The van der Waals surface area contributed by atoms with Gasteiger partial charge in [-0.2, -0.15) is 0 Å². The van der Waals surface area contributed by atoms with Crippen molar-refractivity contribution in [3.8, 4) is 5.75 Å². The Morgan fingerprint density at radius 3 is 2.94 bits per heavy atom. The summed E-state index contributed by atoms with van der Waals surface area (Å²) in [7, 11) is 1.84. The van der Waals surface area contributed by atoms with Gasteiger partial charge in [0.25, 0.3) is 0 Å². The summed E-state index contributed by atoms with van der Waals surface area (Å²) < 4.78 is 5.32. The Kier molecular flexibility index (Phi) is 5.01. The number of nitrogens with zero attached hydrogens (tertiary/aromatic N) is 1. The maximum Gasteiger partial charge on any atom is 0.312 e.